The fraction of sp³-hybridized carbons (Fsp3) is 0.600. The molecule has 1 aromatic carbocycles. The summed E-state index contributed by atoms with van der Waals surface area (Å²) < 4.78 is 0. The first kappa shape index (κ1) is 13.9. The summed E-state index contributed by atoms with van der Waals surface area (Å²) in [7, 11) is 2.00. The van der Waals surface area contributed by atoms with Gasteiger partial charge in [0.15, 0.2) is 0 Å². The number of thioether (sulfide) groups is 1. The van der Waals surface area contributed by atoms with Crippen molar-refractivity contribution in [3.05, 3.63) is 35.4 Å². The maximum absolute atomic E-state index is 3.21. The monoisotopic (exact) mass is 264 g/mol. The van der Waals surface area contributed by atoms with E-state index in [0.29, 0.717) is 0 Å². The lowest BCUT2D eigenvalue weighted by molar-refractivity contribution is 0.273. The van der Waals surface area contributed by atoms with E-state index in [1.807, 2.05) is 7.05 Å². The molecule has 0 aromatic heterocycles. The molecule has 1 aromatic rings. The third kappa shape index (κ3) is 4.01. The van der Waals surface area contributed by atoms with Crippen LogP contribution in [0.2, 0.25) is 0 Å². The molecule has 0 amide bonds. The third-order valence-corrected chi connectivity index (χ3v) is 4.83. The molecule has 1 unspecified atom stereocenters. The van der Waals surface area contributed by atoms with Crippen molar-refractivity contribution in [2.45, 2.75) is 31.7 Å². The topological polar surface area (TPSA) is 15.3 Å². The Kier molecular flexibility index (Phi) is 5.54. The second kappa shape index (κ2) is 7.17. The smallest absolute Gasteiger partial charge is 0.0234 e. The maximum Gasteiger partial charge on any atom is 0.0234 e. The van der Waals surface area contributed by atoms with Crippen molar-refractivity contribution < 1.29 is 0 Å². The van der Waals surface area contributed by atoms with E-state index >= 15 is 0 Å². The lowest BCUT2D eigenvalue weighted by Gasteiger charge is -2.31. The van der Waals surface area contributed by atoms with Crippen LogP contribution >= 0.6 is 11.8 Å². The second-order valence-electron chi connectivity index (χ2n) is 4.99. The highest BCUT2D eigenvalue weighted by Gasteiger charge is 2.18. The van der Waals surface area contributed by atoms with E-state index in [9.17, 15) is 0 Å². The first-order chi connectivity index (χ1) is 8.81. The largest absolute Gasteiger partial charge is 0.316 e. The van der Waals surface area contributed by atoms with Gasteiger partial charge in [0.2, 0.25) is 0 Å². The molecule has 2 rings (SSSR count). The Hall–Kier alpha value is -0.510. The van der Waals surface area contributed by atoms with Crippen LogP contribution in [-0.4, -0.2) is 36.0 Å². The molecule has 0 bridgehead atoms. The Labute approximate surface area is 115 Å². The highest BCUT2D eigenvalue weighted by Crippen LogP contribution is 2.22. The van der Waals surface area contributed by atoms with Gasteiger partial charge in [0.05, 0.1) is 0 Å². The molecule has 1 N–H and O–H groups in total. The van der Waals surface area contributed by atoms with Crippen molar-refractivity contribution in [3.8, 4) is 0 Å². The van der Waals surface area contributed by atoms with Crippen LogP contribution in [0.4, 0.5) is 0 Å². The van der Waals surface area contributed by atoms with E-state index in [1.54, 1.807) is 0 Å². The zero-order valence-electron chi connectivity index (χ0n) is 11.5. The van der Waals surface area contributed by atoms with E-state index in [0.717, 1.165) is 18.3 Å². The Bertz CT molecular complexity index is 367. The summed E-state index contributed by atoms with van der Waals surface area (Å²) in [4.78, 5) is 2.60. The van der Waals surface area contributed by atoms with Crippen LogP contribution in [0, 0.1) is 0 Å². The molecule has 3 heteroatoms. The zero-order valence-corrected chi connectivity index (χ0v) is 12.3. The molecule has 0 radical (unpaired) electrons. The summed E-state index contributed by atoms with van der Waals surface area (Å²) in [6, 6.07) is 8.96. The molecule has 0 saturated carbocycles. The predicted octanol–water partition coefficient (Wildman–Crippen LogP) is 2.73. The average molecular weight is 264 g/mol. The summed E-state index contributed by atoms with van der Waals surface area (Å²) in [5.41, 5.74) is 2.83. The number of benzene rings is 1. The van der Waals surface area contributed by atoms with Gasteiger partial charge >= 0.3 is 0 Å². The lowest BCUT2D eigenvalue weighted by atomic mass is 10.1. The standard InChI is InChI=1S/C15H24N2S/c1-3-15-12-17(7-8-18-15)11-14-6-4-5-13(9-14)10-16-2/h4-6,9,15-16H,3,7-8,10-12H2,1-2H3. The molecular formula is C15H24N2S. The summed E-state index contributed by atoms with van der Waals surface area (Å²) >= 11 is 2.14. The molecule has 1 aliphatic rings. The van der Waals surface area contributed by atoms with Gasteiger partial charge in [-0.3, -0.25) is 4.90 Å². The minimum absolute atomic E-state index is 0.833. The minimum atomic E-state index is 0.833. The van der Waals surface area contributed by atoms with Gasteiger partial charge in [-0.05, 0) is 24.6 Å². The Morgan fingerprint density at radius 3 is 3.00 bits per heavy atom. The molecule has 0 spiro atoms. The van der Waals surface area contributed by atoms with Crippen LogP contribution in [0.15, 0.2) is 24.3 Å². The van der Waals surface area contributed by atoms with Gasteiger partial charge in [-0.1, -0.05) is 31.2 Å². The quantitative estimate of drug-likeness (QED) is 0.880. The van der Waals surface area contributed by atoms with Gasteiger partial charge in [0.1, 0.15) is 0 Å². The zero-order chi connectivity index (χ0) is 12.8. The predicted molar refractivity (Wildman–Crippen MR) is 81.0 cm³/mol. The molecule has 1 saturated heterocycles. The van der Waals surface area contributed by atoms with Crippen LogP contribution < -0.4 is 5.32 Å². The van der Waals surface area contributed by atoms with Crippen LogP contribution in [0.1, 0.15) is 24.5 Å². The maximum atomic E-state index is 3.21. The molecule has 0 aliphatic carbocycles. The van der Waals surface area contributed by atoms with Crippen LogP contribution in [0.3, 0.4) is 0 Å². The molecule has 1 atom stereocenters. The first-order valence-corrected chi connectivity index (χ1v) is 7.93. The highest BCUT2D eigenvalue weighted by molar-refractivity contribution is 8.00. The Morgan fingerprint density at radius 2 is 2.22 bits per heavy atom. The van der Waals surface area contributed by atoms with Gasteiger partial charge in [-0.15, -0.1) is 0 Å². The average Bonchev–Trinajstić information content (AvgIpc) is 2.40. The minimum Gasteiger partial charge on any atom is -0.316 e. The summed E-state index contributed by atoms with van der Waals surface area (Å²) in [6.45, 7) is 6.85. The first-order valence-electron chi connectivity index (χ1n) is 6.88. The van der Waals surface area contributed by atoms with Crippen molar-refractivity contribution in [1.82, 2.24) is 10.2 Å². The normalized spacial score (nSPS) is 21.1. The summed E-state index contributed by atoms with van der Waals surface area (Å²) in [6.07, 6.45) is 1.29. The van der Waals surface area contributed by atoms with Gasteiger partial charge < -0.3 is 5.32 Å². The molecule has 1 heterocycles. The Balaban J connectivity index is 1.93. The molecular weight excluding hydrogens is 240 g/mol. The highest BCUT2D eigenvalue weighted by atomic mass is 32.2. The van der Waals surface area contributed by atoms with E-state index < -0.39 is 0 Å². The van der Waals surface area contributed by atoms with Gasteiger partial charge in [-0.2, -0.15) is 11.8 Å². The van der Waals surface area contributed by atoms with Crippen molar-refractivity contribution in [3.63, 3.8) is 0 Å². The van der Waals surface area contributed by atoms with Gasteiger partial charge in [-0.25, -0.2) is 0 Å². The summed E-state index contributed by atoms with van der Waals surface area (Å²) in [5.74, 6) is 1.29. The van der Waals surface area contributed by atoms with Crippen molar-refractivity contribution in [2.75, 3.05) is 25.9 Å². The molecule has 18 heavy (non-hydrogen) atoms. The molecule has 100 valence electrons. The second-order valence-corrected chi connectivity index (χ2v) is 6.39. The number of hydrogen-bond acceptors (Lipinski definition) is 3. The van der Waals surface area contributed by atoms with Crippen LogP contribution in [0.5, 0.6) is 0 Å². The van der Waals surface area contributed by atoms with E-state index in [1.165, 1.54) is 36.4 Å². The number of hydrogen-bond donors (Lipinski definition) is 1. The SMILES string of the molecule is CCC1CN(Cc2cccc(CNC)c2)CCS1. The molecule has 1 fully saturated rings. The van der Waals surface area contributed by atoms with E-state index in [-0.39, 0.29) is 0 Å². The fourth-order valence-electron chi connectivity index (χ4n) is 2.47. The van der Waals surface area contributed by atoms with Gasteiger partial charge in [0.25, 0.3) is 0 Å². The van der Waals surface area contributed by atoms with Crippen molar-refractivity contribution in [2.24, 2.45) is 0 Å². The number of nitrogens with zero attached hydrogens (tertiary/aromatic N) is 1. The van der Waals surface area contributed by atoms with E-state index in [4.69, 9.17) is 0 Å². The Morgan fingerprint density at radius 1 is 1.39 bits per heavy atom. The summed E-state index contributed by atoms with van der Waals surface area (Å²) in [5, 5.41) is 4.05. The van der Waals surface area contributed by atoms with Gasteiger partial charge in [0, 0.05) is 37.2 Å². The molecule has 1 aliphatic heterocycles. The van der Waals surface area contributed by atoms with E-state index in [2.05, 4.69) is 53.2 Å². The lowest BCUT2D eigenvalue weighted by Crippen LogP contribution is -2.37. The van der Waals surface area contributed by atoms with Crippen molar-refractivity contribution in [1.29, 1.82) is 0 Å². The van der Waals surface area contributed by atoms with Crippen LogP contribution in [0.25, 0.3) is 0 Å². The number of nitrogens with one attached hydrogen (secondary N) is 1. The molecule has 2 nitrogen and oxygen atoms in total. The van der Waals surface area contributed by atoms with Crippen molar-refractivity contribution >= 4 is 11.8 Å². The number of rotatable bonds is 5. The van der Waals surface area contributed by atoms with Crippen LogP contribution in [-0.2, 0) is 13.1 Å². The third-order valence-electron chi connectivity index (χ3n) is 3.46. The fourth-order valence-corrected chi connectivity index (χ4v) is 3.72.